The molecule has 1 aliphatic carbocycles. The normalized spacial score (nSPS) is 14.5. The molecule has 0 bridgehead atoms. The van der Waals surface area contributed by atoms with Gasteiger partial charge in [-0.2, -0.15) is 0 Å². The highest BCUT2D eigenvalue weighted by Crippen LogP contribution is 2.40. The van der Waals surface area contributed by atoms with Crippen molar-refractivity contribution in [3.8, 4) is 16.9 Å². The molecular formula is C25H22N4O5. The average Bonchev–Trinajstić information content (AvgIpc) is 3.54. The zero-order chi connectivity index (χ0) is 23.4. The fraction of sp³-hybridized carbons (Fsp3) is 0.240. The molecule has 1 fully saturated rings. The molecule has 1 aliphatic rings. The number of aromatic amines is 2. The lowest BCUT2D eigenvalue weighted by molar-refractivity contribution is -0.119. The van der Waals surface area contributed by atoms with Gasteiger partial charge in [0.05, 0.1) is 16.9 Å². The highest BCUT2D eigenvalue weighted by atomic mass is 16.5. The van der Waals surface area contributed by atoms with Crippen molar-refractivity contribution in [2.45, 2.75) is 31.7 Å². The van der Waals surface area contributed by atoms with E-state index in [1.165, 1.54) is 12.1 Å². The molecule has 9 nitrogen and oxygen atoms in total. The molecule has 0 atom stereocenters. The van der Waals surface area contributed by atoms with Crippen LogP contribution in [0.3, 0.4) is 0 Å². The summed E-state index contributed by atoms with van der Waals surface area (Å²) in [5.74, 6) is -0.0820. The first kappa shape index (κ1) is 20.3. The number of primary amides is 1. The van der Waals surface area contributed by atoms with Gasteiger partial charge in [-0.15, -0.1) is 0 Å². The predicted octanol–water partition coefficient (Wildman–Crippen LogP) is 3.56. The third-order valence-corrected chi connectivity index (χ3v) is 6.52. The molecule has 6 rings (SSSR count). The average molecular weight is 458 g/mol. The third-order valence-electron chi connectivity index (χ3n) is 6.52. The number of H-pyrrole nitrogens is 2. The summed E-state index contributed by atoms with van der Waals surface area (Å²) in [4.78, 5) is 39.7. The van der Waals surface area contributed by atoms with E-state index in [2.05, 4.69) is 10.1 Å². The first-order valence-corrected chi connectivity index (χ1v) is 11.2. The molecule has 0 radical (unpaired) electrons. The van der Waals surface area contributed by atoms with E-state index >= 15 is 0 Å². The van der Waals surface area contributed by atoms with Crippen molar-refractivity contribution in [2.24, 2.45) is 5.73 Å². The Morgan fingerprint density at radius 2 is 1.88 bits per heavy atom. The summed E-state index contributed by atoms with van der Waals surface area (Å²) in [7, 11) is 0. The Morgan fingerprint density at radius 1 is 1.12 bits per heavy atom. The van der Waals surface area contributed by atoms with Gasteiger partial charge in [-0.05, 0) is 42.7 Å². The van der Waals surface area contributed by atoms with E-state index in [9.17, 15) is 14.4 Å². The zero-order valence-corrected chi connectivity index (χ0v) is 18.2. The van der Waals surface area contributed by atoms with E-state index in [4.69, 9.17) is 14.9 Å². The van der Waals surface area contributed by atoms with Crippen molar-refractivity contribution >= 4 is 39.0 Å². The highest BCUT2D eigenvalue weighted by molar-refractivity contribution is 6.14. The van der Waals surface area contributed by atoms with Gasteiger partial charge in [0.2, 0.25) is 0 Å². The van der Waals surface area contributed by atoms with Crippen LogP contribution < -0.4 is 21.5 Å². The van der Waals surface area contributed by atoms with Crippen LogP contribution in [0.4, 0.5) is 0 Å². The van der Waals surface area contributed by atoms with Crippen molar-refractivity contribution in [3.63, 3.8) is 0 Å². The van der Waals surface area contributed by atoms with Crippen LogP contribution in [0.25, 0.3) is 44.2 Å². The molecule has 34 heavy (non-hydrogen) atoms. The lowest BCUT2D eigenvalue weighted by Gasteiger charge is -2.13. The number of carbonyl (C=O) groups excluding carboxylic acids is 1. The highest BCUT2D eigenvalue weighted by Gasteiger charge is 2.25. The monoisotopic (exact) mass is 458 g/mol. The number of hydrogen-bond acceptors (Lipinski definition) is 5. The van der Waals surface area contributed by atoms with Crippen molar-refractivity contribution in [1.29, 1.82) is 0 Å². The van der Waals surface area contributed by atoms with Crippen LogP contribution in [0.1, 0.15) is 31.7 Å². The molecule has 1 amide bonds. The first-order chi connectivity index (χ1) is 16.5. The van der Waals surface area contributed by atoms with E-state index in [-0.39, 0.29) is 23.6 Å². The number of nitrogens with zero attached hydrogens (tertiary/aromatic N) is 1. The Balaban J connectivity index is 1.64. The number of hydrogen-bond donors (Lipinski definition) is 3. The number of rotatable bonds is 5. The Labute approximate surface area is 192 Å². The Hall–Kier alpha value is -4.27. The number of aromatic nitrogens is 3. The van der Waals surface area contributed by atoms with E-state index < -0.39 is 5.91 Å². The van der Waals surface area contributed by atoms with Gasteiger partial charge in [0.1, 0.15) is 17.0 Å². The lowest BCUT2D eigenvalue weighted by Crippen LogP contribution is -2.19. The zero-order valence-electron chi connectivity index (χ0n) is 18.2. The molecule has 1 saturated carbocycles. The number of benzene rings is 2. The molecule has 3 aromatic heterocycles. The van der Waals surface area contributed by atoms with Crippen LogP contribution in [0.5, 0.6) is 5.75 Å². The summed E-state index contributed by atoms with van der Waals surface area (Å²) in [6.45, 7) is -0.223. The number of amides is 1. The molecule has 0 aliphatic heterocycles. The second-order valence-electron chi connectivity index (χ2n) is 8.72. The van der Waals surface area contributed by atoms with Gasteiger partial charge in [0.25, 0.3) is 11.5 Å². The minimum atomic E-state index is -0.564. The summed E-state index contributed by atoms with van der Waals surface area (Å²) in [5.41, 5.74) is 8.54. The van der Waals surface area contributed by atoms with E-state index in [1.54, 1.807) is 18.2 Å². The number of nitrogens with two attached hydrogens (primary N) is 1. The minimum absolute atomic E-state index is 0.151. The maximum absolute atomic E-state index is 13.2. The van der Waals surface area contributed by atoms with Crippen LogP contribution >= 0.6 is 0 Å². The Kier molecular flexibility index (Phi) is 4.58. The van der Waals surface area contributed by atoms with Crippen molar-refractivity contribution in [3.05, 3.63) is 63.0 Å². The molecule has 0 unspecified atom stereocenters. The summed E-state index contributed by atoms with van der Waals surface area (Å²) in [6, 6.07) is 11.9. The molecule has 2 aromatic carbocycles. The summed E-state index contributed by atoms with van der Waals surface area (Å²) >= 11 is 0. The van der Waals surface area contributed by atoms with Gasteiger partial charge in [0.15, 0.2) is 17.6 Å². The largest absolute Gasteiger partial charge is 0.484 e. The molecule has 3 heterocycles. The van der Waals surface area contributed by atoms with Crippen molar-refractivity contribution in [1.82, 2.24) is 14.8 Å². The molecular weight excluding hydrogens is 436 g/mol. The number of ether oxygens (including phenoxy) is 1. The van der Waals surface area contributed by atoms with Gasteiger partial charge < -0.3 is 19.9 Å². The summed E-state index contributed by atoms with van der Waals surface area (Å²) < 4.78 is 13.5. The maximum Gasteiger partial charge on any atom is 0.274 e. The van der Waals surface area contributed by atoms with Gasteiger partial charge in [-0.3, -0.25) is 24.2 Å². The number of fused-ring (bicyclic) bond motifs is 4. The smallest absolute Gasteiger partial charge is 0.274 e. The van der Waals surface area contributed by atoms with Crippen LogP contribution in [-0.4, -0.2) is 27.3 Å². The van der Waals surface area contributed by atoms with Gasteiger partial charge in [-0.1, -0.05) is 25.0 Å². The Bertz CT molecular complexity index is 1680. The maximum atomic E-state index is 13.2. The van der Waals surface area contributed by atoms with Gasteiger partial charge >= 0.3 is 0 Å². The van der Waals surface area contributed by atoms with Gasteiger partial charge in [-0.25, -0.2) is 0 Å². The second kappa shape index (κ2) is 7.65. The van der Waals surface area contributed by atoms with Crippen LogP contribution in [0.2, 0.25) is 0 Å². The lowest BCUT2D eigenvalue weighted by atomic mass is 10.0. The summed E-state index contributed by atoms with van der Waals surface area (Å²) in [5, 5.41) is 4.29. The van der Waals surface area contributed by atoms with Crippen LogP contribution in [-0.2, 0) is 4.79 Å². The first-order valence-electron chi connectivity index (χ1n) is 11.2. The van der Waals surface area contributed by atoms with E-state index in [1.807, 2.05) is 16.8 Å². The minimum Gasteiger partial charge on any atom is -0.484 e. The van der Waals surface area contributed by atoms with Gasteiger partial charge in [0, 0.05) is 17.0 Å². The SMILES string of the molecule is NC(=O)COc1ccc(-c2c3oc4cc(=O)ccc4c3[nH]c3c2c(=O)[nH]n3C2CCCC2)cc1. The number of pyridine rings is 1. The quantitative estimate of drug-likeness (QED) is 0.370. The number of furan rings is 1. The predicted molar refractivity (Wildman–Crippen MR) is 128 cm³/mol. The molecule has 172 valence electrons. The summed E-state index contributed by atoms with van der Waals surface area (Å²) in [6.07, 6.45) is 4.24. The van der Waals surface area contributed by atoms with Crippen LogP contribution in [0, 0.1) is 0 Å². The molecule has 9 heteroatoms. The Morgan fingerprint density at radius 3 is 2.62 bits per heavy atom. The fourth-order valence-electron chi connectivity index (χ4n) is 5.00. The molecule has 0 saturated heterocycles. The van der Waals surface area contributed by atoms with Crippen molar-refractivity contribution < 1.29 is 13.9 Å². The molecule has 5 aromatic rings. The van der Waals surface area contributed by atoms with E-state index in [0.29, 0.717) is 33.5 Å². The third kappa shape index (κ3) is 3.20. The molecule has 0 spiro atoms. The van der Waals surface area contributed by atoms with Crippen LogP contribution in [0.15, 0.2) is 56.5 Å². The number of carbonyl (C=O) groups is 1. The fourth-order valence-corrected chi connectivity index (χ4v) is 5.00. The standard InChI is InChI=1S/C25H22N4O5/c26-19(31)12-33-16-8-5-13(6-9-16)20-21-24(29(28-25(21)32)14-3-1-2-4-14)27-22-17-10-7-15(30)11-18(17)34-23(20)22/h5-11,14,27H,1-4,12H2,(H2,26,31)(H,28,32). The topological polar surface area (TPSA) is 136 Å². The van der Waals surface area contributed by atoms with Crippen molar-refractivity contribution in [2.75, 3.05) is 6.61 Å². The second-order valence-corrected chi connectivity index (χ2v) is 8.72. The van der Waals surface area contributed by atoms with E-state index in [0.717, 1.165) is 42.1 Å². The molecule has 4 N–H and O–H groups in total. The number of nitrogens with one attached hydrogen (secondary N) is 2.